The standard InChI is InChI=1S/C24H17ClN4O3S/c25-16-8-5-14(6-9-16)12-33-24-27-23(30)21-17-3-1-2-4-18(17)26-22(29(21)28-24)15-7-10-19-20(11-15)32-13-31-19/h1-11,22H,12-13H2,(H,27,28,30). The zero-order valence-electron chi connectivity index (χ0n) is 17.2. The average molecular weight is 477 g/mol. The Balaban J connectivity index is 1.40. The fourth-order valence-corrected chi connectivity index (χ4v) is 4.85. The monoisotopic (exact) mass is 476 g/mol. The third-order valence-electron chi connectivity index (χ3n) is 5.50. The molecular formula is C24H17ClN4O3S. The molecule has 7 nitrogen and oxygen atoms in total. The third-order valence-corrected chi connectivity index (χ3v) is 6.69. The van der Waals surface area contributed by atoms with Gasteiger partial charge < -0.3 is 9.47 Å². The van der Waals surface area contributed by atoms with Crippen LogP contribution in [0.15, 0.2) is 76.8 Å². The van der Waals surface area contributed by atoms with Crippen molar-refractivity contribution in [2.24, 2.45) is 10.1 Å². The maximum atomic E-state index is 13.2. The van der Waals surface area contributed by atoms with E-state index in [9.17, 15) is 4.79 Å². The predicted molar refractivity (Wildman–Crippen MR) is 126 cm³/mol. The molecule has 164 valence electrons. The number of hydrogen-bond donors (Lipinski definition) is 1. The minimum atomic E-state index is -0.512. The lowest BCUT2D eigenvalue weighted by atomic mass is 10.1. The molecule has 0 aromatic heterocycles. The van der Waals surface area contributed by atoms with Crippen molar-refractivity contribution in [3.8, 4) is 11.5 Å². The van der Waals surface area contributed by atoms with E-state index < -0.39 is 6.17 Å². The topological polar surface area (TPSA) is 75.5 Å². The molecule has 3 aliphatic heterocycles. The van der Waals surface area contributed by atoms with Crippen molar-refractivity contribution in [1.82, 2.24) is 10.3 Å². The van der Waals surface area contributed by atoms with E-state index in [-0.39, 0.29) is 12.7 Å². The number of carbonyl (C=O) groups is 1. The Morgan fingerprint density at radius 1 is 1.06 bits per heavy atom. The normalized spacial score (nSPS) is 18.2. The quantitative estimate of drug-likeness (QED) is 0.628. The Hall–Kier alpha value is -3.49. The molecule has 3 aliphatic rings. The van der Waals surface area contributed by atoms with Gasteiger partial charge in [-0.15, -0.1) is 5.10 Å². The van der Waals surface area contributed by atoms with Crippen molar-refractivity contribution < 1.29 is 14.3 Å². The Bertz CT molecular complexity index is 1420. The predicted octanol–water partition coefficient (Wildman–Crippen LogP) is 3.15. The second-order valence-electron chi connectivity index (χ2n) is 7.60. The molecule has 3 heterocycles. The van der Waals surface area contributed by atoms with Crippen molar-refractivity contribution in [2.75, 3.05) is 6.79 Å². The molecule has 3 aromatic rings. The Morgan fingerprint density at radius 3 is 2.76 bits per heavy atom. The van der Waals surface area contributed by atoms with Crippen LogP contribution in [0.3, 0.4) is 0 Å². The first-order valence-corrected chi connectivity index (χ1v) is 11.7. The molecular weight excluding hydrogens is 460 g/mol. The van der Waals surface area contributed by atoms with Crippen LogP contribution in [0.2, 0.25) is 5.02 Å². The number of nitrogens with one attached hydrogen (secondary N) is 1. The van der Waals surface area contributed by atoms with E-state index in [2.05, 4.69) is 5.32 Å². The van der Waals surface area contributed by atoms with Gasteiger partial charge in [-0.3, -0.25) is 15.1 Å². The van der Waals surface area contributed by atoms with E-state index in [0.29, 0.717) is 33.1 Å². The lowest BCUT2D eigenvalue weighted by molar-refractivity contribution is -0.116. The third kappa shape index (κ3) is 3.71. The summed E-state index contributed by atoms with van der Waals surface area (Å²) >= 11 is 7.43. The summed E-state index contributed by atoms with van der Waals surface area (Å²) in [7, 11) is 0. The Morgan fingerprint density at radius 2 is 1.88 bits per heavy atom. The number of fused-ring (bicyclic) bond motifs is 3. The van der Waals surface area contributed by atoms with Crippen LogP contribution in [-0.4, -0.2) is 22.9 Å². The van der Waals surface area contributed by atoms with E-state index in [1.54, 1.807) is 5.01 Å². The van der Waals surface area contributed by atoms with Gasteiger partial charge in [-0.05, 0) is 35.9 Å². The number of nitrogens with zero attached hydrogens (tertiary/aromatic N) is 3. The highest BCUT2D eigenvalue weighted by atomic mass is 35.5. The maximum absolute atomic E-state index is 13.2. The molecule has 6 rings (SSSR count). The summed E-state index contributed by atoms with van der Waals surface area (Å²) < 4.78 is 11.0. The molecule has 0 radical (unpaired) electrons. The number of amidine groups is 1. The second kappa shape index (κ2) is 8.13. The first-order chi connectivity index (χ1) is 16.2. The number of hydrazone groups is 1. The molecule has 0 saturated carbocycles. The molecule has 1 atom stereocenters. The first-order valence-electron chi connectivity index (χ1n) is 10.3. The number of thioether (sulfide) groups is 1. The molecule has 9 heteroatoms. The summed E-state index contributed by atoms with van der Waals surface area (Å²) in [6.45, 7) is 0.191. The van der Waals surface area contributed by atoms with E-state index >= 15 is 0 Å². The van der Waals surface area contributed by atoms with Crippen molar-refractivity contribution in [3.05, 3.63) is 93.5 Å². The highest BCUT2D eigenvalue weighted by Gasteiger charge is 2.35. The second-order valence-corrected chi connectivity index (χ2v) is 9.00. The van der Waals surface area contributed by atoms with Crippen LogP contribution in [0.5, 0.6) is 11.5 Å². The minimum Gasteiger partial charge on any atom is -0.454 e. The van der Waals surface area contributed by atoms with E-state index in [4.69, 9.17) is 31.2 Å². The molecule has 1 unspecified atom stereocenters. The largest absolute Gasteiger partial charge is 0.454 e. The number of rotatable bonds is 3. The van der Waals surface area contributed by atoms with Gasteiger partial charge in [0.1, 0.15) is 5.70 Å². The van der Waals surface area contributed by atoms with Gasteiger partial charge in [-0.25, -0.2) is 5.01 Å². The molecule has 0 aliphatic carbocycles. The molecule has 1 N–H and O–H groups in total. The fourth-order valence-electron chi connectivity index (χ4n) is 3.92. The number of para-hydroxylation sites is 1. The molecule has 1 amide bonds. The summed E-state index contributed by atoms with van der Waals surface area (Å²) in [5.41, 5.74) is 2.41. The zero-order valence-corrected chi connectivity index (χ0v) is 18.8. The summed E-state index contributed by atoms with van der Waals surface area (Å²) in [5.74, 6) is 1.78. The maximum Gasteiger partial charge on any atom is 0.276 e. The van der Waals surface area contributed by atoms with Crippen molar-refractivity contribution in [1.29, 1.82) is 0 Å². The first kappa shape index (κ1) is 20.1. The lowest BCUT2D eigenvalue weighted by Crippen LogP contribution is -2.50. The SMILES string of the molecule is O=C1NC(SCc2ccc(Cl)cc2)=NN2C1=c1ccccc1=NC2c1ccc2c(c1)OCO2. The fraction of sp³-hybridized carbons (Fsp3) is 0.125. The van der Waals surface area contributed by atoms with Crippen LogP contribution in [0.1, 0.15) is 17.3 Å². The average Bonchev–Trinajstić information content (AvgIpc) is 3.31. The van der Waals surface area contributed by atoms with E-state index in [1.165, 1.54) is 11.8 Å². The number of halogens is 1. The molecule has 0 saturated heterocycles. The van der Waals surface area contributed by atoms with Gasteiger partial charge in [0.05, 0.1) is 5.36 Å². The molecule has 3 aromatic carbocycles. The summed E-state index contributed by atoms with van der Waals surface area (Å²) in [5, 5.41) is 12.1. The summed E-state index contributed by atoms with van der Waals surface area (Å²) in [6, 6.07) is 20.9. The van der Waals surface area contributed by atoms with Gasteiger partial charge in [0, 0.05) is 21.6 Å². The van der Waals surface area contributed by atoms with Gasteiger partial charge in [-0.1, -0.05) is 59.8 Å². The zero-order chi connectivity index (χ0) is 22.4. The molecule has 33 heavy (non-hydrogen) atoms. The van der Waals surface area contributed by atoms with Gasteiger partial charge in [-0.2, -0.15) is 0 Å². The van der Waals surface area contributed by atoms with Gasteiger partial charge in [0.25, 0.3) is 5.91 Å². The highest BCUT2D eigenvalue weighted by Crippen LogP contribution is 2.38. The number of hydrogen-bond acceptors (Lipinski definition) is 7. The van der Waals surface area contributed by atoms with Gasteiger partial charge in [0.15, 0.2) is 22.8 Å². The smallest absolute Gasteiger partial charge is 0.276 e. The molecule has 0 spiro atoms. The van der Waals surface area contributed by atoms with Crippen molar-refractivity contribution >= 4 is 40.1 Å². The van der Waals surface area contributed by atoms with Crippen LogP contribution in [0.4, 0.5) is 0 Å². The van der Waals surface area contributed by atoms with Gasteiger partial charge >= 0.3 is 0 Å². The van der Waals surface area contributed by atoms with Gasteiger partial charge in [0.2, 0.25) is 6.79 Å². The van der Waals surface area contributed by atoms with Crippen LogP contribution in [-0.2, 0) is 10.5 Å². The van der Waals surface area contributed by atoms with E-state index in [0.717, 1.165) is 21.7 Å². The van der Waals surface area contributed by atoms with Crippen LogP contribution >= 0.6 is 23.4 Å². The van der Waals surface area contributed by atoms with Crippen LogP contribution < -0.4 is 25.4 Å². The van der Waals surface area contributed by atoms with Crippen molar-refractivity contribution in [2.45, 2.75) is 11.9 Å². The van der Waals surface area contributed by atoms with Crippen LogP contribution in [0.25, 0.3) is 5.70 Å². The molecule has 0 fully saturated rings. The number of amides is 1. The highest BCUT2D eigenvalue weighted by molar-refractivity contribution is 8.13. The Kier molecular flexibility index (Phi) is 4.96. The van der Waals surface area contributed by atoms with Crippen molar-refractivity contribution in [3.63, 3.8) is 0 Å². The number of ether oxygens (including phenoxy) is 2. The number of carbonyl (C=O) groups excluding carboxylic acids is 1. The van der Waals surface area contributed by atoms with Crippen LogP contribution in [0, 0.1) is 0 Å². The summed E-state index contributed by atoms with van der Waals surface area (Å²) in [6.07, 6.45) is -0.512. The lowest BCUT2D eigenvalue weighted by Gasteiger charge is -2.34. The Labute approximate surface area is 198 Å². The summed E-state index contributed by atoms with van der Waals surface area (Å²) in [4.78, 5) is 18.2. The minimum absolute atomic E-state index is 0.191. The molecule has 0 bridgehead atoms. The number of benzene rings is 3. The van der Waals surface area contributed by atoms with E-state index in [1.807, 2.05) is 66.7 Å².